The molecule has 0 aliphatic carbocycles. The van der Waals surface area contributed by atoms with Crippen molar-refractivity contribution in [1.29, 1.82) is 0 Å². The molecule has 0 bridgehead atoms. The van der Waals surface area contributed by atoms with Crippen LogP contribution in [0.1, 0.15) is 90.2 Å². The Morgan fingerprint density at radius 1 is 0.857 bits per heavy atom. The van der Waals surface area contributed by atoms with Gasteiger partial charge >= 0.3 is 0 Å². The third-order valence-corrected chi connectivity index (χ3v) is 4.32. The van der Waals surface area contributed by atoms with Crippen LogP contribution in [0, 0.1) is 5.92 Å². The summed E-state index contributed by atoms with van der Waals surface area (Å²) >= 11 is 0. The zero-order valence-electron chi connectivity index (χ0n) is 14.2. The fourth-order valence-electron chi connectivity index (χ4n) is 2.98. The summed E-state index contributed by atoms with van der Waals surface area (Å²) in [4.78, 5) is 8.43. The number of unbranched alkanes of at least 4 members (excludes halogenated alkanes) is 7. The van der Waals surface area contributed by atoms with Gasteiger partial charge in [0.1, 0.15) is 6.33 Å². The first-order chi connectivity index (χ1) is 10.4. The molecule has 1 rings (SSSR count). The highest BCUT2D eigenvalue weighted by atomic mass is 14.8. The van der Waals surface area contributed by atoms with Gasteiger partial charge in [0.2, 0.25) is 0 Å². The lowest BCUT2D eigenvalue weighted by Gasteiger charge is -2.16. The highest BCUT2D eigenvalue weighted by Crippen LogP contribution is 2.22. The highest BCUT2D eigenvalue weighted by molar-refractivity contribution is 4.99. The van der Waals surface area contributed by atoms with Crippen molar-refractivity contribution in [3.8, 4) is 0 Å². The molecule has 0 aliphatic heterocycles. The maximum Gasteiger partial charge on any atom is 0.115 e. The van der Waals surface area contributed by atoms with Crippen molar-refractivity contribution < 1.29 is 0 Å². The molecule has 0 aromatic carbocycles. The van der Waals surface area contributed by atoms with Crippen LogP contribution in [0.2, 0.25) is 0 Å². The van der Waals surface area contributed by atoms with Crippen LogP contribution in [-0.2, 0) is 6.42 Å². The van der Waals surface area contributed by atoms with E-state index in [-0.39, 0.29) is 0 Å². The van der Waals surface area contributed by atoms with Gasteiger partial charge in [-0.2, -0.15) is 0 Å². The molecule has 2 heteroatoms. The van der Waals surface area contributed by atoms with Crippen molar-refractivity contribution in [2.45, 2.75) is 90.9 Å². The lowest BCUT2D eigenvalue weighted by atomic mass is 9.90. The summed E-state index contributed by atoms with van der Waals surface area (Å²) < 4.78 is 0. The number of hydrogen-bond acceptors (Lipinski definition) is 2. The van der Waals surface area contributed by atoms with E-state index in [4.69, 9.17) is 0 Å². The first kappa shape index (κ1) is 18.1. The van der Waals surface area contributed by atoms with Gasteiger partial charge in [-0.05, 0) is 18.4 Å². The lowest BCUT2D eigenvalue weighted by Crippen LogP contribution is -2.07. The Balaban J connectivity index is 2.30. The molecular weight excluding hydrogens is 256 g/mol. The smallest absolute Gasteiger partial charge is 0.115 e. The number of hydrogen-bond donors (Lipinski definition) is 0. The van der Waals surface area contributed by atoms with Crippen molar-refractivity contribution >= 4 is 0 Å². The topological polar surface area (TPSA) is 25.8 Å². The molecule has 21 heavy (non-hydrogen) atoms. The molecule has 0 spiro atoms. The summed E-state index contributed by atoms with van der Waals surface area (Å²) in [5, 5.41) is 0. The quantitative estimate of drug-likeness (QED) is 0.418. The molecule has 0 saturated carbocycles. The van der Waals surface area contributed by atoms with Crippen LogP contribution in [0.5, 0.6) is 0 Å². The Bertz CT molecular complexity index is 324. The molecule has 0 N–H and O–H groups in total. The lowest BCUT2D eigenvalue weighted by molar-refractivity contribution is 0.399. The normalized spacial score (nSPS) is 12.5. The Kier molecular flexibility index (Phi) is 11.0. The monoisotopic (exact) mass is 290 g/mol. The summed E-state index contributed by atoms with van der Waals surface area (Å²) in [6, 6.07) is 2.08. The highest BCUT2D eigenvalue weighted by Gasteiger charge is 2.10. The maximum atomic E-state index is 4.41. The van der Waals surface area contributed by atoms with Crippen LogP contribution in [0.3, 0.4) is 0 Å². The molecular formula is C19H34N2. The molecule has 0 fully saturated rings. The van der Waals surface area contributed by atoms with E-state index in [9.17, 15) is 0 Å². The standard InChI is InChI=1S/C19H34N2/c1-3-5-7-9-11-13-18(12-10-8-6-4-2)16-19-14-15-20-17-21-19/h14-15,17-18H,3-13,16H2,1-2H3. The number of aromatic nitrogens is 2. The average molecular weight is 290 g/mol. The Hall–Kier alpha value is -0.920. The molecule has 0 aliphatic rings. The van der Waals surface area contributed by atoms with E-state index < -0.39 is 0 Å². The minimum atomic E-state index is 0.818. The predicted molar refractivity (Wildman–Crippen MR) is 91.4 cm³/mol. The molecule has 1 unspecified atom stereocenters. The van der Waals surface area contributed by atoms with Crippen molar-refractivity contribution in [3.05, 3.63) is 24.3 Å². The van der Waals surface area contributed by atoms with Gasteiger partial charge in [-0.25, -0.2) is 9.97 Å². The van der Waals surface area contributed by atoms with Crippen molar-refractivity contribution in [2.24, 2.45) is 5.92 Å². The average Bonchev–Trinajstić information content (AvgIpc) is 2.52. The van der Waals surface area contributed by atoms with E-state index in [1.165, 1.54) is 76.3 Å². The summed E-state index contributed by atoms with van der Waals surface area (Å²) in [5.74, 6) is 0.818. The maximum absolute atomic E-state index is 4.41. The van der Waals surface area contributed by atoms with Crippen LogP contribution in [0.15, 0.2) is 18.6 Å². The van der Waals surface area contributed by atoms with Crippen LogP contribution in [0.25, 0.3) is 0 Å². The molecule has 1 aromatic rings. The third-order valence-electron chi connectivity index (χ3n) is 4.32. The summed E-state index contributed by atoms with van der Waals surface area (Å²) in [6.45, 7) is 4.57. The first-order valence-corrected chi connectivity index (χ1v) is 9.11. The fourth-order valence-corrected chi connectivity index (χ4v) is 2.98. The van der Waals surface area contributed by atoms with Crippen LogP contribution >= 0.6 is 0 Å². The third kappa shape index (κ3) is 9.60. The number of nitrogens with zero attached hydrogens (tertiary/aromatic N) is 2. The summed E-state index contributed by atoms with van der Waals surface area (Å²) in [6.07, 6.45) is 19.9. The largest absolute Gasteiger partial charge is 0.245 e. The van der Waals surface area contributed by atoms with Gasteiger partial charge in [0.25, 0.3) is 0 Å². The second-order valence-electron chi connectivity index (χ2n) is 6.32. The molecule has 0 radical (unpaired) electrons. The zero-order valence-corrected chi connectivity index (χ0v) is 14.2. The first-order valence-electron chi connectivity index (χ1n) is 9.11. The molecule has 1 atom stereocenters. The SMILES string of the molecule is CCCCCCCC(CCCCCC)Cc1ccncn1. The van der Waals surface area contributed by atoms with Gasteiger partial charge in [0.05, 0.1) is 0 Å². The molecule has 120 valence electrons. The van der Waals surface area contributed by atoms with Gasteiger partial charge in [0, 0.05) is 11.9 Å². The van der Waals surface area contributed by atoms with Gasteiger partial charge < -0.3 is 0 Å². The van der Waals surface area contributed by atoms with E-state index in [1.807, 2.05) is 6.20 Å². The van der Waals surface area contributed by atoms with Gasteiger partial charge in [-0.1, -0.05) is 84.5 Å². The van der Waals surface area contributed by atoms with Crippen LogP contribution in [0.4, 0.5) is 0 Å². The van der Waals surface area contributed by atoms with Crippen molar-refractivity contribution in [1.82, 2.24) is 9.97 Å². The fraction of sp³-hybridized carbons (Fsp3) is 0.789. The number of rotatable bonds is 13. The Morgan fingerprint density at radius 3 is 2.05 bits per heavy atom. The van der Waals surface area contributed by atoms with Crippen LogP contribution in [-0.4, -0.2) is 9.97 Å². The minimum Gasteiger partial charge on any atom is -0.245 e. The minimum absolute atomic E-state index is 0.818. The van der Waals surface area contributed by atoms with E-state index in [0.29, 0.717) is 0 Å². The van der Waals surface area contributed by atoms with E-state index in [0.717, 1.165) is 12.3 Å². The van der Waals surface area contributed by atoms with Gasteiger partial charge in [-0.3, -0.25) is 0 Å². The Labute approximate surface area is 131 Å². The predicted octanol–water partition coefficient (Wildman–Crippen LogP) is 5.97. The van der Waals surface area contributed by atoms with Crippen LogP contribution < -0.4 is 0 Å². The van der Waals surface area contributed by atoms with E-state index >= 15 is 0 Å². The molecule has 0 saturated heterocycles. The van der Waals surface area contributed by atoms with Gasteiger partial charge in [-0.15, -0.1) is 0 Å². The second-order valence-corrected chi connectivity index (χ2v) is 6.32. The second kappa shape index (κ2) is 12.8. The van der Waals surface area contributed by atoms with Crippen molar-refractivity contribution in [3.63, 3.8) is 0 Å². The van der Waals surface area contributed by atoms with E-state index in [2.05, 4.69) is 29.9 Å². The van der Waals surface area contributed by atoms with Gasteiger partial charge in [0.15, 0.2) is 0 Å². The molecule has 1 heterocycles. The van der Waals surface area contributed by atoms with E-state index in [1.54, 1.807) is 6.33 Å². The molecule has 1 aromatic heterocycles. The molecule has 0 amide bonds. The molecule has 2 nitrogen and oxygen atoms in total. The van der Waals surface area contributed by atoms with Crippen molar-refractivity contribution in [2.75, 3.05) is 0 Å². The zero-order chi connectivity index (χ0) is 15.2. The summed E-state index contributed by atoms with van der Waals surface area (Å²) in [5.41, 5.74) is 1.22. The summed E-state index contributed by atoms with van der Waals surface area (Å²) in [7, 11) is 0. The Morgan fingerprint density at radius 2 is 1.48 bits per heavy atom.